The average Bonchev–Trinajstić information content (AvgIpc) is 2.72. The maximum absolute atomic E-state index is 12.0. The fourth-order valence-electron chi connectivity index (χ4n) is 2.49. The van der Waals surface area contributed by atoms with Crippen LogP contribution in [0.15, 0.2) is 0 Å². The van der Waals surface area contributed by atoms with Crippen molar-refractivity contribution in [3.8, 4) is 0 Å². The molecular formula is C12H25N3O4S. The first-order valence-corrected chi connectivity index (χ1v) is 8.14. The van der Waals surface area contributed by atoms with Crippen molar-refractivity contribution in [2.75, 3.05) is 33.7 Å². The third-order valence-electron chi connectivity index (χ3n) is 3.31. The van der Waals surface area contributed by atoms with E-state index in [0.29, 0.717) is 6.54 Å². The summed E-state index contributed by atoms with van der Waals surface area (Å²) in [5.41, 5.74) is -0.0692. The van der Waals surface area contributed by atoms with Crippen molar-refractivity contribution in [3.63, 3.8) is 0 Å². The summed E-state index contributed by atoms with van der Waals surface area (Å²) in [7, 11) is -0.135. The Balaban J connectivity index is 2.45. The first-order chi connectivity index (χ1) is 9.01. The van der Waals surface area contributed by atoms with Gasteiger partial charge in [0.2, 0.25) is 5.91 Å². The van der Waals surface area contributed by atoms with Gasteiger partial charge in [0.25, 0.3) is 10.1 Å². The second-order valence-electron chi connectivity index (χ2n) is 6.45. The standard InChI is InChI=1S/C12H25N3O4S/c1-12(2,8-15(3)4)7-14-11(16)10-5-9(6-13-10)20(17,18)19/h9-10,13H,5-8H2,1-4H3,(H,14,16)(H,17,18,19)/t9-,10+/m1/s1. The van der Waals surface area contributed by atoms with Crippen LogP contribution in [0.5, 0.6) is 0 Å². The smallest absolute Gasteiger partial charge is 0.269 e. The van der Waals surface area contributed by atoms with Gasteiger partial charge in [0.05, 0.1) is 6.04 Å². The van der Waals surface area contributed by atoms with E-state index in [-0.39, 0.29) is 24.3 Å². The number of carbonyl (C=O) groups is 1. The van der Waals surface area contributed by atoms with E-state index in [4.69, 9.17) is 4.55 Å². The van der Waals surface area contributed by atoms with Crippen molar-refractivity contribution >= 4 is 16.0 Å². The predicted molar refractivity (Wildman–Crippen MR) is 77.1 cm³/mol. The molecule has 8 heteroatoms. The van der Waals surface area contributed by atoms with Crippen LogP contribution >= 0.6 is 0 Å². The molecule has 3 N–H and O–H groups in total. The van der Waals surface area contributed by atoms with Crippen molar-refractivity contribution in [2.24, 2.45) is 5.41 Å². The highest BCUT2D eigenvalue weighted by atomic mass is 32.2. The zero-order valence-electron chi connectivity index (χ0n) is 12.5. The van der Waals surface area contributed by atoms with Crippen LogP contribution in [0.3, 0.4) is 0 Å². The van der Waals surface area contributed by atoms with Crippen molar-refractivity contribution in [2.45, 2.75) is 31.6 Å². The van der Waals surface area contributed by atoms with E-state index in [1.165, 1.54) is 0 Å². The molecule has 1 fully saturated rings. The molecule has 2 atom stereocenters. The predicted octanol–water partition coefficient (Wildman–Crippen LogP) is -0.691. The lowest BCUT2D eigenvalue weighted by atomic mass is 9.93. The summed E-state index contributed by atoms with van der Waals surface area (Å²) in [4.78, 5) is 14.0. The quantitative estimate of drug-likeness (QED) is 0.562. The summed E-state index contributed by atoms with van der Waals surface area (Å²) in [6.07, 6.45) is 0.110. The molecule has 1 aliphatic heterocycles. The number of hydrogen-bond donors (Lipinski definition) is 3. The lowest BCUT2D eigenvalue weighted by Gasteiger charge is -2.29. The number of rotatable bonds is 6. The van der Waals surface area contributed by atoms with Crippen molar-refractivity contribution in [3.05, 3.63) is 0 Å². The molecule has 0 aromatic rings. The maximum atomic E-state index is 12.0. The zero-order chi connectivity index (χ0) is 15.6. The molecule has 1 amide bonds. The molecule has 118 valence electrons. The van der Waals surface area contributed by atoms with Gasteiger partial charge in [-0.25, -0.2) is 0 Å². The second kappa shape index (κ2) is 6.38. The zero-order valence-corrected chi connectivity index (χ0v) is 13.3. The Morgan fingerprint density at radius 1 is 1.45 bits per heavy atom. The molecule has 0 radical (unpaired) electrons. The highest BCUT2D eigenvalue weighted by molar-refractivity contribution is 7.86. The highest BCUT2D eigenvalue weighted by Gasteiger charge is 2.36. The normalized spacial score (nSPS) is 24.1. The minimum absolute atomic E-state index is 0.0692. The Labute approximate surface area is 120 Å². The molecule has 0 aromatic heterocycles. The summed E-state index contributed by atoms with van der Waals surface area (Å²) >= 11 is 0. The van der Waals surface area contributed by atoms with Gasteiger partial charge >= 0.3 is 0 Å². The molecule has 20 heavy (non-hydrogen) atoms. The van der Waals surface area contributed by atoms with Crippen LogP contribution in [0.25, 0.3) is 0 Å². The molecule has 0 unspecified atom stereocenters. The molecule has 1 heterocycles. The Bertz CT molecular complexity index is 448. The largest absolute Gasteiger partial charge is 0.354 e. The lowest BCUT2D eigenvalue weighted by Crippen LogP contribution is -2.46. The van der Waals surface area contributed by atoms with Crippen LogP contribution in [0.2, 0.25) is 0 Å². The Morgan fingerprint density at radius 2 is 2.05 bits per heavy atom. The average molecular weight is 307 g/mol. The highest BCUT2D eigenvalue weighted by Crippen LogP contribution is 2.16. The molecule has 0 spiro atoms. The second-order valence-corrected chi connectivity index (χ2v) is 8.15. The van der Waals surface area contributed by atoms with Crippen LogP contribution < -0.4 is 10.6 Å². The number of carbonyl (C=O) groups excluding carboxylic acids is 1. The van der Waals surface area contributed by atoms with Gasteiger partial charge in [-0.05, 0) is 25.9 Å². The number of nitrogens with zero attached hydrogens (tertiary/aromatic N) is 1. The molecule has 1 rings (SSSR count). The van der Waals surface area contributed by atoms with E-state index >= 15 is 0 Å². The minimum atomic E-state index is -4.08. The Hall–Kier alpha value is -0.700. The van der Waals surface area contributed by atoms with Gasteiger partial charge in [0, 0.05) is 19.6 Å². The molecule has 0 saturated carbocycles. The van der Waals surface area contributed by atoms with Gasteiger partial charge in [-0.1, -0.05) is 13.8 Å². The third-order valence-corrected chi connectivity index (χ3v) is 4.52. The Kier molecular flexibility index (Phi) is 5.54. The third kappa shape index (κ3) is 5.35. The van der Waals surface area contributed by atoms with Crippen molar-refractivity contribution in [1.29, 1.82) is 0 Å². The van der Waals surface area contributed by atoms with Gasteiger partial charge in [-0.2, -0.15) is 8.42 Å². The summed E-state index contributed by atoms with van der Waals surface area (Å²) in [6, 6.07) is -0.558. The van der Waals surface area contributed by atoms with Gasteiger partial charge in [0.1, 0.15) is 5.25 Å². The van der Waals surface area contributed by atoms with Crippen molar-refractivity contribution in [1.82, 2.24) is 15.5 Å². The monoisotopic (exact) mass is 307 g/mol. The molecule has 0 bridgehead atoms. The maximum Gasteiger partial charge on any atom is 0.269 e. The minimum Gasteiger partial charge on any atom is -0.354 e. The Morgan fingerprint density at radius 3 is 2.50 bits per heavy atom. The van der Waals surface area contributed by atoms with Crippen LogP contribution in [0.1, 0.15) is 20.3 Å². The fourth-order valence-corrected chi connectivity index (χ4v) is 3.23. The van der Waals surface area contributed by atoms with Crippen molar-refractivity contribution < 1.29 is 17.8 Å². The van der Waals surface area contributed by atoms with E-state index in [1.807, 2.05) is 19.0 Å². The first kappa shape index (κ1) is 17.4. The molecule has 0 aromatic carbocycles. The SMILES string of the molecule is CN(C)CC(C)(C)CNC(=O)[C@@H]1C[C@@H](S(=O)(=O)O)CN1. The van der Waals surface area contributed by atoms with Gasteiger partial charge < -0.3 is 15.5 Å². The summed E-state index contributed by atoms with van der Waals surface area (Å²) in [6.45, 7) is 5.56. The van der Waals surface area contributed by atoms with Crippen LogP contribution in [-0.2, 0) is 14.9 Å². The molecular weight excluding hydrogens is 282 g/mol. The summed E-state index contributed by atoms with van der Waals surface area (Å²) in [5.74, 6) is -0.219. The number of nitrogens with one attached hydrogen (secondary N) is 2. The van der Waals surface area contributed by atoms with E-state index < -0.39 is 21.4 Å². The number of hydrogen-bond acceptors (Lipinski definition) is 5. The fraction of sp³-hybridized carbons (Fsp3) is 0.917. The van der Waals surface area contributed by atoms with E-state index in [2.05, 4.69) is 24.5 Å². The van der Waals surface area contributed by atoms with Crippen LogP contribution in [0.4, 0.5) is 0 Å². The summed E-state index contributed by atoms with van der Waals surface area (Å²) in [5, 5.41) is 4.77. The first-order valence-electron chi connectivity index (χ1n) is 6.63. The lowest BCUT2D eigenvalue weighted by molar-refractivity contribution is -0.123. The van der Waals surface area contributed by atoms with Crippen LogP contribution in [0, 0.1) is 5.41 Å². The van der Waals surface area contributed by atoms with Gasteiger partial charge in [-0.3, -0.25) is 9.35 Å². The van der Waals surface area contributed by atoms with E-state index in [0.717, 1.165) is 6.54 Å². The molecule has 7 nitrogen and oxygen atoms in total. The van der Waals surface area contributed by atoms with E-state index in [1.54, 1.807) is 0 Å². The van der Waals surface area contributed by atoms with E-state index in [9.17, 15) is 13.2 Å². The van der Waals surface area contributed by atoms with Crippen LogP contribution in [-0.4, -0.2) is 68.8 Å². The van der Waals surface area contributed by atoms with Gasteiger partial charge in [0.15, 0.2) is 0 Å². The molecule has 1 saturated heterocycles. The topological polar surface area (TPSA) is 98.7 Å². The number of amides is 1. The molecule has 0 aliphatic carbocycles. The molecule has 1 aliphatic rings. The van der Waals surface area contributed by atoms with Gasteiger partial charge in [-0.15, -0.1) is 0 Å². The summed E-state index contributed by atoms with van der Waals surface area (Å²) < 4.78 is 31.0.